The van der Waals surface area contributed by atoms with E-state index in [1.54, 1.807) is 10.7 Å². The summed E-state index contributed by atoms with van der Waals surface area (Å²) in [5.74, 6) is -0.811. The average molecular weight is 433 g/mol. The number of imide groups is 1. The van der Waals surface area contributed by atoms with Gasteiger partial charge in [-0.2, -0.15) is 5.10 Å². The van der Waals surface area contributed by atoms with Crippen molar-refractivity contribution in [3.63, 3.8) is 0 Å². The quantitative estimate of drug-likeness (QED) is 0.370. The number of aryl methyl sites for hydroxylation is 2. The first-order valence-corrected chi connectivity index (χ1v) is 11.0. The van der Waals surface area contributed by atoms with Crippen LogP contribution >= 0.6 is 12.0 Å². The van der Waals surface area contributed by atoms with Crippen LogP contribution in [0.1, 0.15) is 27.9 Å². The van der Waals surface area contributed by atoms with E-state index >= 15 is 0 Å². The molecule has 0 radical (unpaired) electrons. The van der Waals surface area contributed by atoms with Crippen LogP contribution in [0.3, 0.4) is 0 Å². The van der Waals surface area contributed by atoms with Gasteiger partial charge in [-0.15, -0.1) is 0 Å². The van der Waals surface area contributed by atoms with Crippen molar-refractivity contribution in [2.45, 2.75) is 20.5 Å². The summed E-state index contributed by atoms with van der Waals surface area (Å²) in [4.78, 5) is 29.2. The molecule has 3 aromatic heterocycles. The Kier molecular flexibility index (Phi) is 4.68. The molecule has 156 valence electrons. The summed E-state index contributed by atoms with van der Waals surface area (Å²) in [6.07, 6.45) is 5.50. The molecule has 0 spiro atoms. The van der Waals surface area contributed by atoms with E-state index in [-0.39, 0.29) is 0 Å². The number of amides is 2. The zero-order valence-electron chi connectivity index (χ0n) is 17.3. The van der Waals surface area contributed by atoms with Crippen LogP contribution in [0.25, 0.3) is 27.6 Å². The number of carbonyl (C=O) groups is 2. The normalized spacial score (nSPS) is 14.3. The number of fused-ring (bicyclic) bond motifs is 2. The van der Waals surface area contributed by atoms with E-state index in [9.17, 15) is 9.59 Å². The Morgan fingerprint density at radius 3 is 2.74 bits per heavy atom. The van der Waals surface area contributed by atoms with Crippen molar-refractivity contribution in [2.75, 3.05) is 6.26 Å². The van der Waals surface area contributed by atoms with E-state index in [1.165, 1.54) is 12.0 Å². The first kappa shape index (κ1) is 19.6. The lowest BCUT2D eigenvalue weighted by molar-refractivity contribution is -0.122. The third-order valence-corrected chi connectivity index (χ3v) is 5.95. The Morgan fingerprint density at radius 1 is 1.13 bits per heavy atom. The predicted octanol–water partition coefficient (Wildman–Crippen LogP) is 3.79. The molecule has 7 nitrogen and oxygen atoms in total. The van der Waals surface area contributed by atoms with E-state index in [1.807, 2.05) is 56.6 Å². The first-order valence-electron chi connectivity index (χ1n) is 9.80. The summed E-state index contributed by atoms with van der Waals surface area (Å²) < 4.78 is 7.19. The van der Waals surface area contributed by atoms with Crippen LogP contribution in [-0.4, -0.2) is 32.7 Å². The van der Waals surface area contributed by atoms with Crippen LogP contribution in [0.4, 0.5) is 0 Å². The molecular formula is C23H20N4O3S. The molecule has 31 heavy (non-hydrogen) atoms. The Balaban J connectivity index is 1.79. The van der Waals surface area contributed by atoms with E-state index in [4.69, 9.17) is 4.18 Å². The fourth-order valence-corrected chi connectivity index (χ4v) is 4.45. The molecule has 0 bridgehead atoms. The van der Waals surface area contributed by atoms with Crippen molar-refractivity contribution < 1.29 is 13.8 Å². The molecule has 0 atom stereocenters. The number of hydrogen-bond acceptors (Lipinski definition) is 5. The Morgan fingerprint density at radius 2 is 1.94 bits per heavy atom. The Hall–Kier alpha value is -3.36. The number of H-pyrrole nitrogens is 1. The van der Waals surface area contributed by atoms with E-state index in [0.29, 0.717) is 34.6 Å². The van der Waals surface area contributed by atoms with Crippen LogP contribution in [-0.2, 0) is 20.4 Å². The standard InChI is InChI=1S/C23H20N4O3S/c1-12-5-4-6-15-16(10-24-21(12)15)19-20(23(29)25-22(19)28)18-13(2)26-27-8-7-14(9-17(18)27)11-30-31-3/h4-10,24H,11H2,1-3H3,(H,25,28,29). The maximum atomic E-state index is 13.0. The van der Waals surface area contributed by atoms with Crippen LogP contribution < -0.4 is 5.32 Å². The Labute approximate surface area is 182 Å². The van der Waals surface area contributed by atoms with Gasteiger partial charge in [-0.1, -0.05) is 18.2 Å². The van der Waals surface area contributed by atoms with Gasteiger partial charge in [0.25, 0.3) is 11.8 Å². The molecule has 4 aromatic rings. The largest absolute Gasteiger partial charge is 0.360 e. The van der Waals surface area contributed by atoms with Crippen LogP contribution in [0.15, 0.2) is 42.7 Å². The lowest BCUT2D eigenvalue weighted by Gasteiger charge is -2.06. The Bertz CT molecular complexity index is 1410. The van der Waals surface area contributed by atoms with Gasteiger partial charge in [-0.3, -0.25) is 14.9 Å². The summed E-state index contributed by atoms with van der Waals surface area (Å²) in [6, 6.07) is 9.78. The molecule has 1 aromatic carbocycles. The van der Waals surface area contributed by atoms with Gasteiger partial charge in [0.1, 0.15) is 0 Å². The number of pyridine rings is 1. The highest BCUT2D eigenvalue weighted by atomic mass is 32.2. The highest BCUT2D eigenvalue weighted by molar-refractivity contribution is 7.93. The zero-order chi connectivity index (χ0) is 21.7. The second-order valence-electron chi connectivity index (χ2n) is 7.49. The topological polar surface area (TPSA) is 88.5 Å². The average Bonchev–Trinajstić information content (AvgIpc) is 3.39. The predicted molar refractivity (Wildman–Crippen MR) is 121 cm³/mol. The van der Waals surface area contributed by atoms with Crippen molar-refractivity contribution in [1.82, 2.24) is 19.9 Å². The lowest BCUT2D eigenvalue weighted by Crippen LogP contribution is -2.22. The zero-order valence-corrected chi connectivity index (χ0v) is 18.1. The smallest absolute Gasteiger partial charge is 0.259 e. The maximum absolute atomic E-state index is 13.0. The first-order chi connectivity index (χ1) is 15.0. The van der Waals surface area contributed by atoms with Crippen LogP contribution in [0.5, 0.6) is 0 Å². The van der Waals surface area contributed by atoms with Gasteiger partial charge < -0.3 is 9.17 Å². The number of aromatic nitrogens is 3. The molecule has 0 unspecified atom stereocenters. The highest BCUT2D eigenvalue weighted by Crippen LogP contribution is 2.38. The lowest BCUT2D eigenvalue weighted by atomic mass is 9.94. The number of benzene rings is 1. The fraction of sp³-hybridized carbons (Fsp3) is 0.174. The minimum Gasteiger partial charge on any atom is -0.360 e. The minimum atomic E-state index is -0.411. The van der Waals surface area contributed by atoms with Crippen molar-refractivity contribution in [1.29, 1.82) is 0 Å². The number of nitrogens with one attached hydrogen (secondary N) is 2. The molecule has 5 rings (SSSR count). The molecule has 1 aliphatic rings. The molecular weight excluding hydrogens is 412 g/mol. The number of para-hydroxylation sites is 1. The molecule has 0 saturated heterocycles. The summed E-state index contributed by atoms with van der Waals surface area (Å²) in [5.41, 5.74) is 6.49. The van der Waals surface area contributed by atoms with E-state index in [0.717, 1.165) is 27.5 Å². The SMILES string of the molecule is CSOCc1ccn2nc(C)c(C3=C(c4c[nH]c5c(C)cccc45)C(=O)NC3=O)c2c1. The fourth-order valence-electron chi connectivity index (χ4n) is 4.20. The molecule has 2 N–H and O–H groups in total. The van der Waals surface area contributed by atoms with E-state index in [2.05, 4.69) is 15.4 Å². The highest BCUT2D eigenvalue weighted by Gasteiger charge is 2.36. The number of aromatic amines is 1. The van der Waals surface area contributed by atoms with Crippen molar-refractivity contribution in [3.05, 3.63) is 70.7 Å². The number of nitrogens with zero attached hydrogens (tertiary/aromatic N) is 2. The summed E-state index contributed by atoms with van der Waals surface area (Å²) in [7, 11) is 0. The molecule has 0 saturated carbocycles. The molecule has 0 aliphatic carbocycles. The van der Waals surface area contributed by atoms with Crippen molar-refractivity contribution >= 4 is 51.4 Å². The maximum Gasteiger partial charge on any atom is 0.259 e. The van der Waals surface area contributed by atoms with Gasteiger partial charge in [0, 0.05) is 40.7 Å². The van der Waals surface area contributed by atoms with Gasteiger partial charge in [-0.25, -0.2) is 4.52 Å². The molecule has 0 fully saturated rings. The summed E-state index contributed by atoms with van der Waals surface area (Å²) in [5, 5.41) is 7.95. The third-order valence-electron chi connectivity index (χ3n) is 5.59. The molecule has 2 amide bonds. The molecule has 8 heteroatoms. The second-order valence-corrected chi connectivity index (χ2v) is 8.06. The van der Waals surface area contributed by atoms with Gasteiger partial charge in [0.05, 0.1) is 29.0 Å². The van der Waals surface area contributed by atoms with Gasteiger partial charge in [0.15, 0.2) is 0 Å². The van der Waals surface area contributed by atoms with Crippen molar-refractivity contribution in [2.24, 2.45) is 0 Å². The van der Waals surface area contributed by atoms with Crippen LogP contribution in [0, 0.1) is 13.8 Å². The molecule has 4 heterocycles. The van der Waals surface area contributed by atoms with Crippen LogP contribution in [0.2, 0.25) is 0 Å². The summed E-state index contributed by atoms with van der Waals surface area (Å²) >= 11 is 1.29. The summed E-state index contributed by atoms with van der Waals surface area (Å²) in [6.45, 7) is 4.28. The number of hydrogen-bond donors (Lipinski definition) is 2. The second kappa shape index (κ2) is 7.40. The number of carbonyl (C=O) groups excluding carboxylic acids is 2. The van der Waals surface area contributed by atoms with Crippen molar-refractivity contribution in [3.8, 4) is 0 Å². The minimum absolute atomic E-state index is 0.350. The molecule has 1 aliphatic heterocycles. The van der Waals surface area contributed by atoms with Gasteiger partial charge >= 0.3 is 0 Å². The number of rotatable bonds is 5. The van der Waals surface area contributed by atoms with Gasteiger partial charge in [-0.05, 0) is 49.1 Å². The van der Waals surface area contributed by atoms with Gasteiger partial charge in [0.2, 0.25) is 0 Å². The monoisotopic (exact) mass is 432 g/mol. The van der Waals surface area contributed by atoms with E-state index < -0.39 is 11.8 Å². The third kappa shape index (κ3) is 3.07.